The summed E-state index contributed by atoms with van der Waals surface area (Å²) in [6.07, 6.45) is 7.27. The Morgan fingerprint density at radius 3 is 2.65 bits per heavy atom. The van der Waals surface area contributed by atoms with Crippen molar-refractivity contribution < 1.29 is 8.42 Å². The molecule has 3 aromatic heterocycles. The van der Waals surface area contributed by atoms with Crippen molar-refractivity contribution in [1.29, 1.82) is 0 Å². The van der Waals surface area contributed by atoms with Crippen LogP contribution in [0.1, 0.15) is 39.1 Å². The lowest BCUT2D eigenvalue weighted by molar-refractivity contribution is 0.497. The maximum Gasteiger partial charge on any atom is 0.261 e. The molecule has 0 aliphatic carbocycles. The van der Waals surface area contributed by atoms with E-state index < -0.39 is 10.0 Å². The number of pyridine rings is 1. The Morgan fingerprint density at radius 1 is 1.12 bits per heavy atom. The first-order chi connectivity index (χ1) is 16.4. The summed E-state index contributed by atoms with van der Waals surface area (Å²) in [5.41, 5.74) is 1.61. The van der Waals surface area contributed by atoms with Crippen LogP contribution in [0.5, 0.6) is 0 Å². The van der Waals surface area contributed by atoms with Gasteiger partial charge in [0.25, 0.3) is 10.0 Å². The fraction of sp³-hybridized carbons (Fsp3) is 0.261. The SMILES string of the molecule is CC[C@@H]1c2nncn2-c2cnc(-c3ccncc3NS(=O)(=O)c3ccccc3)nc2N1C(C)C. The first-order valence-corrected chi connectivity index (χ1v) is 12.5. The smallest absolute Gasteiger partial charge is 0.261 e. The highest BCUT2D eigenvalue weighted by Gasteiger charge is 2.35. The van der Waals surface area contributed by atoms with Gasteiger partial charge in [0.1, 0.15) is 12.0 Å². The third-order valence-electron chi connectivity index (χ3n) is 5.76. The van der Waals surface area contributed by atoms with E-state index in [2.05, 4.69) is 50.6 Å². The summed E-state index contributed by atoms with van der Waals surface area (Å²) in [5.74, 6) is 1.98. The van der Waals surface area contributed by atoms with Crippen molar-refractivity contribution in [2.24, 2.45) is 0 Å². The zero-order valence-electron chi connectivity index (χ0n) is 19.0. The van der Waals surface area contributed by atoms with Crippen molar-refractivity contribution in [1.82, 2.24) is 29.7 Å². The molecule has 4 aromatic rings. The van der Waals surface area contributed by atoms with Crippen LogP contribution in [0.4, 0.5) is 11.5 Å². The Bertz CT molecular complexity index is 1440. The van der Waals surface area contributed by atoms with Gasteiger partial charge in [0.05, 0.1) is 29.0 Å². The molecule has 34 heavy (non-hydrogen) atoms. The number of hydrogen-bond donors (Lipinski definition) is 1. The average molecular weight is 477 g/mol. The predicted molar refractivity (Wildman–Crippen MR) is 128 cm³/mol. The topological polar surface area (TPSA) is 119 Å². The predicted octanol–water partition coefficient (Wildman–Crippen LogP) is 3.60. The fourth-order valence-corrected chi connectivity index (χ4v) is 5.33. The highest BCUT2D eigenvalue weighted by Crippen LogP contribution is 2.40. The van der Waals surface area contributed by atoms with Gasteiger partial charge in [-0.05, 0) is 38.5 Å². The monoisotopic (exact) mass is 476 g/mol. The van der Waals surface area contributed by atoms with E-state index in [4.69, 9.17) is 4.98 Å². The lowest BCUT2D eigenvalue weighted by Crippen LogP contribution is -2.40. The van der Waals surface area contributed by atoms with Crippen LogP contribution in [-0.2, 0) is 10.0 Å². The van der Waals surface area contributed by atoms with Gasteiger partial charge in [0.2, 0.25) is 0 Å². The standard InChI is InChI=1S/C23H24N8O2S/c1-4-19-23-28-26-14-30(23)20-13-25-21(27-22(20)31(19)15(2)3)17-10-11-24-12-18(17)29-34(32,33)16-8-6-5-7-9-16/h5-15,19,29H,4H2,1-3H3/t19-/m1/s1. The Labute approximate surface area is 197 Å². The molecule has 4 heterocycles. The Morgan fingerprint density at radius 2 is 1.91 bits per heavy atom. The number of nitrogens with zero attached hydrogens (tertiary/aromatic N) is 7. The molecule has 0 spiro atoms. The van der Waals surface area contributed by atoms with E-state index >= 15 is 0 Å². The van der Waals surface area contributed by atoms with Crippen molar-refractivity contribution in [3.05, 3.63) is 67.1 Å². The first kappa shape index (κ1) is 22.0. The molecule has 1 atom stereocenters. The Balaban J connectivity index is 1.61. The second kappa shape index (κ2) is 8.49. The van der Waals surface area contributed by atoms with E-state index in [1.165, 1.54) is 18.3 Å². The van der Waals surface area contributed by atoms with Crippen molar-refractivity contribution in [2.45, 2.75) is 44.2 Å². The van der Waals surface area contributed by atoms with Gasteiger partial charge in [-0.25, -0.2) is 18.4 Å². The van der Waals surface area contributed by atoms with Crippen LogP contribution in [0, 0.1) is 0 Å². The molecule has 1 aliphatic rings. The van der Waals surface area contributed by atoms with E-state index in [0.29, 0.717) is 17.1 Å². The summed E-state index contributed by atoms with van der Waals surface area (Å²) < 4.78 is 30.4. The van der Waals surface area contributed by atoms with Gasteiger partial charge in [-0.2, -0.15) is 0 Å². The molecule has 174 valence electrons. The molecular weight excluding hydrogens is 452 g/mol. The molecule has 0 amide bonds. The maximum absolute atomic E-state index is 12.9. The molecule has 5 rings (SSSR count). The van der Waals surface area contributed by atoms with Crippen molar-refractivity contribution in [3.8, 4) is 17.1 Å². The highest BCUT2D eigenvalue weighted by atomic mass is 32.2. The molecule has 1 N–H and O–H groups in total. The minimum absolute atomic E-state index is 0.00578. The number of anilines is 2. The molecule has 1 aliphatic heterocycles. The summed E-state index contributed by atoms with van der Waals surface area (Å²) in [5, 5.41) is 8.44. The summed E-state index contributed by atoms with van der Waals surface area (Å²) in [6.45, 7) is 6.31. The van der Waals surface area contributed by atoms with Gasteiger partial charge < -0.3 is 4.90 Å². The third-order valence-corrected chi connectivity index (χ3v) is 7.15. The quantitative estimate of drug-likeness (QED) is 0.448. The van der Waals surface area contributed by atoms with E-state index in [1.807, 2.05) is 4.57 Å². The number of aromatic nitrogens is 6. The zero-order chi connectivity index (χ0) is 23.9. The van der Waals surface area contributed by atoms with Gasteiger partial charge in [-0.15, -0.1) is 10.2 Å². The fourth-order valence-electron chi connectivity index (χ4n) is 4.24. The molecule has 11 heteroatoms. The lowest BCUT2D eigenvalue weighted by Gasteiger charge is -2.39. The van der Waals surface area contributed by atoms with Crippen LogP contribution in [0.25, 0.3) is 17.1 Å². The van der Waals surface area contributed by atoms with Crippen LogP contribution in [0.2, 0.25) is 0 Å². The summed E-state index contributed by atoms with van der Waals surface area (Å²) in [7, 11) is -3.81. The molecule has 0 saturated heterocycles. The van der Waals surface area contributed by atoms with Crippen LogP contribution in [0.3, 0.4) is 0 Å². The van der Waals surface area contributed by atoms with E-state index in [0.717, 1.165) is 23.8 Å². The van der Waals surface area contributed by atoms with Crippen LogP contribution in [0.15, 0.2) is 66.2 Å². The zero-order valence-corrected chi connectivity index (χ0v) is 19.8. The van der Waals surface area contributed by atoms with Gasteiger partial charge >= 0.3 is 0 Å². The van der Waals surface area contributed by atoms with Crippen LogP contribution < -0.4 is 9.62 Å². The summed E-state index contributed by atoms with van der Waals surface area (Å²) >= 11 is 0. The van der Waals surface area contributed by atoms with Gasteiger partial charge in [-0.1, -0.05) is 25.1 Å². The largest absolute Gasteiger partial charge is 0.342 e. The molecule has 0 radical (unpaired) electrons. The first-order valence-electron chi connectivity index (χ1n) is 11.0. The van der Waals surface area contributed by atoms with Crippen LogP contribution >= 0.6 is 0 Å². The number of hydrogen-bond acceptors (Lipinski definition) is 8. The Hall–Kier alpha value is -3.86. The molecule has 0 saturated carbocycles. The lowest BCUT2D eigenvalue weighted by atomic mass is 10.1. The second-order valence-electron chi connectivity index (χ2n) is 8.23. The highest BCUT2D eigenvalue weighted by molar-refractivity contribution is 7.92. The molecule has 0 bridgehead atoms. The van der Waals surface area contributed by atoms with Gasteiger partial charge in [0.15, 0.2) is 17.5 Å². The molecule has 0 unspecified atom stereocenters. The van der Waals surface area contributed by atoms with Crippen molar-refractivity contribution in [3.63, 3.8) is 0 Å². The molecule has 0 fully saturated rings. The van der Waals surface area contributed by atoms with Crippen molar-refractivity contribution in [2.75, 3.05) is 9.62 Å². The number of fused-ring (bicyclic) bond motifs is 3. The van der Waals surface area contributed by atoms with Crippen LogP contribution in [-0.4, -0.2) is 44.2 Å². The van der Waals surface area contributed by atoms with Gasteiger partial charge in [-0.3, -0.25) is 14.3 Å². The van der Waals surface area contributed by atoms with E-state index in [1.54, 1.807) is 43.0 Å². The molecular formula is C23H24N8O2S. The number of sulfonamides is 1. The summed E-state index contributed by atoms with van der Waals surface area (Å²) in [6, 6.07) is 10.0. The normalized spacial score (nSPS) is 15.2. The number of benzene rings is 1. The third kappa shape index (κ3) is 3.67. The minimum Gasteiger partial charge on any atom is -0.342 e. The number of rotatable bonds is 6. The average Bonchev–Trinajstić information content (AvgIpc) is 3.33. The second-order valence-corrected chi connectivity index (χ2v) is 9.91. The summed E-state index contributed by atoms with van der Waals surface area (Å²) in [4.78, 5) is 16.0. The minimum atomic E-state index is -3.81. The van der Waals surface area contributed by atoms with Crippen molar-refractivity contribution >= 4 is 21.5 Å². The molecule has 10 nitrogen and oxygen atoms in total. The maximum atomic E-state index is 12.9. The Kier molecular flexibility index (Phi) is 5.48. The van der Waals surface area contributed by atoms with E-state index in [-0.39, 0.29) is 17.0 Å². The van der Waals surface area contributed by atoms with E-state index in [9.17, 15) is 8.42 Å². The number of nitrogens with one attached hydrogen (secondary N) is 1. The molecule has 1 aromatic carbocycles. The van der Waals surface area contributed by atoms with Gasteiger partial charge in [0, 0.05) is 17.8 Å².